The number of hydrogen-bond acceptors (Lipinski definition) is 4. The van der Waals surface area contributed by atoms with Crippen molar-refractivity contribution in [3.05, 3.63) is 29.8 Å². The molecule has 0 aromatic heterocycles. The second-order valence-electron chi connectivity index (χ2n) is 2.12. The third kappa shape index (κ3) is 2.19. The first-order valence-electron chi connectivity index (χ1n) is 3.28. The van der Waals surface area contributed by atoms with Gasteiger partial charge in [0.25, 0.3) is 0 Å². The molecule has 5 N–H and O–H groups in total. The summed E-state index contributed by atoms with van der Waals surface area (Å²) in [4.78, 5) is 0. The van der Waals surface area contributed by atoms with E-state index in [-0.39, 0.29) is 6.61 Å². The van der Waals surface area contributed by atoms with Gasteiger partial charge < -0.3 is 10.5 Å². The summed E-state index contributed by atoms with van der Waals surface area (Å²) < 4.78 is 0. The maximum Gasteiger partial charge on any atom is 0.0681 e. The Bertz CT molecular complexity index is 209. The van der Waals surface area contributed by atoms with Crippen LogP contribution in [-0.4, -0.2) is 5.11 Å². The van der Waals surface area contributed by atoms with E-state index in [1.807, 2.05) is 24.3 Å². The maximum atomic E-state index is 8.70. The normalized spacial score (nSPS) is 9.64. The molecule has 4 heteroatoms. The van der Waals surface area contributed by atoms with Gasteiger partial charge in [0.2, 0.25) is 0 Å². The molecule has 0 radical (unpaired) electrons. The van der Waals surface area contributed by atoms with Crippen molar-refractivity contribution in [2.45, 2.75) is 6.61 Å². The van der Waals surface area contributed by atoms with Gasteiger partial charge in [-0.2, -0.15) is 5.53 Å². The fourth-order valence-electron chi connectivity index (χ4n) is 0.777. The molecule has 0 amide bonds. The number of aliphatic hydroxyl groups is 1. The number of benzene rings is 1. The average molecular weight is 153 g/mol. The Morgan fingerprint density at radius 3 is 2.36 bits per heavy atom. The van der Waals surface area contributed by atoms with Gasteiger partial charge in [0.15, 0.2) is 0 Å². The van der Waals surface area contributed by atoms with E-state index in [4.69, 9.17) is 10.9 Å². The van der Waals surface area contributed by atoms with E-state index in [9.17, 15) is 0 Å². The minimum absolute atomic E-state index is 0.0658. The summed E-state index contributed by atoms with van der Waals surface area (Å²) in [6, 6.07) is 7.29. The molecular weight excluding hydrogens is 142 g/mol. The molecule has 0 heterocycles. The molecule has 0 saturated carbocycles. The van der Waals surface area contributed by atoms with Gasteiger partial charge in [0.05, 0.1) is 12.3 Å². The zero-order valence-electron chi connectivity index (χ0n) is 6.04. The lowest BCUT2D eigenvalue weighted by atomic mass is 10.2. The number of hydrazine groups is 2. The molecule has 11 heavy (non-hydrogen) atoms. The summed E-state index contributed by atoms with van der Waals surface area (Å²) in [5.74, 6) is 5.02. The largest absolute Gasteiger partial charge is 0.392 e. The summed E-state index contributed by atoms with van der Waals surface area (Å²) in [7, 11) is 0. The highest BCUT2D eigenvalue weighted by Gasteiger charge is 1.89. The van der Waals surface area contributed by atoms with E-state index in [1.165, 1.54) is 0 Å². The quantitative estimate of drug-likeness (QED) is 0.363. The molecule has 1 aromatic rings. The van der Waals surface area contributed by atoms with Crippen LogP contribution in [0.5, 0.6) is 0 Å². The third-order valence-electron chi connectivity index (χ3n) is 1.35. The summed E-state index contributed by atoms with van der Waals surface area (Å²) in [5, 5.41) is 8.70. The van der Waals surface area contributed by atoms with Crippen LogP contribution in [0.15, 0.2) is 24.3 Å². The molecule has 0 aliphatic heterocycles. The Balaban J connectivity index is 2.66. The molecule has 0 unspecified atom stereocenters. The van der Waals surface area contributed by atoms with Gasteiger partial charge in [-0.3, -0.25) is 5.84 Å². The number of nitrogens with one attached hydrogen (secondary N) is 2. The molecule has 0 atom stereocenters. The number of hydrogen-bond donors (Lipinski definition) is 4. The smallest absolute Gasteiger partial charge is 0.0681 e. The second kappa shape index (κ2) is 3.92. The van der Waals surface area contributed by atoms with E-state index >= 15 is 0 Å². The highest BCUT2D eigenvalue weighted by atomic mass is 16.3. The number of aliphatic hydroxyl groups excluding tert-OH is 1. The fraction of sp³-hybridized carbons (Fsp3) is 0.143. The SMILES string of the molecule is NNNc1ccc(CO)cc1. The Kier molecular flexibility index (Phi) is 2.85. The van der Waals surface area contributed by atoms with E-state index in [0.29, 0.717) is 0 Å². The fourth-order valence-corrected chi connectivity index (χ4v) is 0.777. The van der Waals surface area contributed by atoms with Gasteiger partial charge in [0, 0.05) is 0 Å². The first-order valence-corrected chi connectivity index (χ1v) is 3.28. The van der Waals surface area contributed by atoms with Crippen molar-refractivity contribution in [3.8, 4) is 0 Å². The van der Waals surface area contributed by atoms with Crippen molar-refractivity contribution in [2.75, 3.05) is 5.43 Å². The van der Waals surface area contributed by atoms with Gasteiger partial charge >= 0.3 is 0 Å². The molecule has 4 nitrogen and oxygen atoms in total. The van der Waals surface area contributed by atoms with Crippen molar-refractivity contribution in [2.24, 2.45) is 5.84 Å². The zero-order chi connectivity index (χ0) is 8.10. The zero-order valence-corrected chi connectivity index (χ0v) is 6.04. The monoisotopic (exact) mass is 153 g/mol. The highest BCUT2D eigenvalue weighted by Crippen LogP contribution is 2.07. The van der Waals surface area contributed by atoms with Crippen LogP contribution < -0.4 is 16.8 Å². The lowest BCUT2D eigenvalue weighted by Gasteiger charge is -2.03. The molecule has 1 aromatic carbocycles. The van der Waals surface area contributed by atoms with Crippen molar-refractivity contribution >= 4 is 5.69 Å². The minimum atomic E-state index is 0.0658. The number of nitrogens with two attached hydrogens (primary N) is 1. The summed E-state index contributed by atoms with van der Waals surface area (Å²) in [6.07, 6.45) is 0. The van der Waals surface area contributed by atoms with Crippen LogP contribution in [0.25, 0.3) is 0 Å². The number of rotatable bonds is 3. The van der Waals surface area contributed by atoms with Crippen molar-refractivity contribution in [1.82, 2.24) is 5.53 Å². The van der Waals surface area contributed by atoms with Crippen LogP contribution >= 0.6 is 0 Å². The summed E-state index contributed by atoms with van der Waals surface area (Å²) in [6.45, 7) is 0.0658. The first kappa shape index (κ1) is 8.00. The summed E-state index contributed by atoms with van der Waals surface area (Å²) >= 11 is 0. The molecule has 0 bridgehead atoms. The Labute approximate surface area is 65.0 Å². The van der Waals surface area contributed by atoms with E-state index < -0.39 is 0 Å². The predicted octanol–water partition coefficient (Wildman–Crippen LogP) is -0.0309. The van der Waals surface area contributed by atoms with Crippen LogP contribution in [0.3, 0.4) is 0 Å². The van der Waals surface area contributed by atoms with Crippen LogP contribution in [-0.2, 0) is 6.61 Å². The average Bonchev–Trinajstić information content (AvgIpc) is 2.07. The molecule has 1 rings (SSSR count). The number of anilines is 1. The lowest BCUT2D eigenvalue weighted by molar-refractivity contribution is 0.282. The molecular formula is C7H11N3O. The van der Waals surface area contributed by atoms with Gasteiger partial charge in [-0.15, -0.1) is 0 Å². The van der Waals surface area contributed by atoms with Crippen LogP contribution in [0, 0.1) is 0 Å². The van der Waals surface area contributed by atoms with Crippen molar-refractivity contribution < 1.29 is 5.11 Å². The van der Waals surface area contributed by atoms with Crippen molar-refractivity contribution in [1.29, 1.82) is 0 Å². The second-order valence-corrected chi connectivity index (χ2v) is 2.12. The standard InChI is InChI=1S/C7H11N3O/c8-10-9-7-3-1-6(5-11)2-4-7/h1-4,9-11H,5,8H2. The van der Waals surface area contributed by atoms with E-state index in [0.717, 1.165) is 11.3 Å². The predicted molar refractivity (Wildman–Crippen MR) is 43.3 cm³/mol. The molecule has 60 valence electrons. The Morgan fingerprint density at radius 1 is 1.27 bits per heavy atom. The maximum absolute atomic E-state index is 8.70. The van der Waals surface area contributed by atoms with E-state index in [2.05, 4.69) is 11.0 Å². The molecule has 0 saturated heterocycles. The Morgan fingerprint density at radius 2 is 1.91 bits per heavy atom. The van der Waals surface area contributed by atoms with Gasteiger partial charge in [-0.1, -0.05) is 12.1 Å². The van der Waals surface area contributed by atoms with Crippen LogP contribution in [0.1, 0.15) is 5.56 Å². The molecule has 0 aliphatic rings. The van der Waals surface area contributed by atoms with Crippen LogP contribution in [0.2, 0.25) is 0 Å². The Hall–Kier alpha value is -1.10. The van der Waals surface area contributed by atoms with Crippen molar-refractivity contribution in [3.63, 3.8) is 0 Å². The highest BCUT2D eigenvalue weighted by molar-refractivity contribution is 5.43. The van der Waals surface area contributed by atoms with Crippen LogP contribution in [0.4, 0.5) is 5.69 Å². The topological polar surface area (TPSA) is 70.3 Å². The van der Waals surface area contributed by atoms with E-state index in [1.54, 1.807) is 0 Å². The van der Waals surface area contributed by atoms with Gasteiger partial charge in [-0.05, 0) is 17.7 Å². The third-order valence-corrected chi connectivity index (χ3v) is 1.35. The molecule has 0 fully saturated rings. The minimum Gasteiger partial charge on any atom is -0.392 e. The molecule has 0 spiro atoms. The van der Waals surface area contributed by atoms with Gasteiger partial charge in [-0.25, -0.2) is 0 Å². The molecule has 0 aliphatic carbocycles. The summed E-state index contributed by atoms with van der Waals surface area (Å²) in [5.41, 5.74) is 6.76. The first-order chi connectivity index (χ1) is 5.36. The van der Waals surface area contributed by atoms with Gasteiger partial charge in [0.1, 0.15) is 0 Å². The lowest BCUT2D eigenvalue weighted by Crippen LogP contribution is -2.28.